The second-order valence-corrected chi connectivity index (χ2v) is 6.66. The van der Waals surface area contributed by atoms with E-state index in [-0.39, 0.29) is 11.8 Å². The summed E-state index contributed by atoms with van der Waals surface area (Å²) in [7, 11) is 1.59. The predicted molar refractivity (Wildman–Crippen MR) is 103 cm³/mol. The van der Waals surface area contributed by atoms with E-state index < -0.39 is 0 Å². The minimum absolute atomic E-state index is 0.148. The van der Waals surface area contributed by atoms with Crippen LogP contribution in [-0.2, 0) is 12.8 Å². The lowest BCUT2D eigenvalue weighted by Gasteiger charge is -2.10. The highest BCUT2D eigenvalue weighted by molar-refractivity contribution is 6.07. The van der Waals surface area contributed by atoms with Gasteiger partial charge >= 0.3 is 0 Å². The molecule has 2 amide bonds. The van der Waals surface area contributed by atoms with Crippen molar-refractivity contribution < 1.29 is 9.59 Å². The minimum Gasteiger partial charge on any atom is -0.358 e. The average Bonchev–Trinajstić information content (AvgIpc) is 3.05. The lowest BCUT2D eigenvalue weighted by Crippen LogP contribution is -2.17. The molecule has 0 bridgehead atoms. The van der Waals surface area contributed by atoms with Gasteiger partial charge in [0.2, 0.25) is 0 Å². The highest BCUT2D eigenvalue weighted by Gasteiger charge is 2.17. The first-order valence-corrected chi connectivity index (χ1v) is 8.92. The Balaban J connectivity index is 1.57. The van der Waals surface area contributed by atoms with E-state index in [1.54, 1.807) is 31.3 Å². The van der Waals surface area contributed by atoms with Crippen molar-refractivity contribution in [2.24, 2.45) is 0 Å². The number of carbonyl (C=O) groups is 2. The van der Waals surface area contributed by atoms with Gasteiger partial charge in [-0.25, -0.2) is 0 Å². The zero-order valence-electron chi connectivity index (χ0n) is 14.7. The van der Waals surface area contributed by atoms with Crippen LogP contribution in [0.3, 0.4) is 0 Å². The second-order valence-electron chi connectivity index (χ2n) is 6.66. The van der Waals surface area contributed by atoms with Gasteiger partial charge in [0.05, 0.1) is 0 Å². The van der Waals surface area contributed by atoms with Crippen LogP contribution in [0.2, 0.25) is 0 Å². The number of nitrogens with one attached hydrogen (secondary N) is 3. The van der Waals surface area contributed by atoms with Gasteiger partial charge in [0.1, 0.15) is 0 Å². The maximum atomic E-state index is 12.6. The normalized spacial score (nSPS) is 13.3. The number of hydrogen-bond donors (Lipinski definition) is 3. The first kappa shape index (κ1) is 16.4. The van der Waals surface area contributed by atoms with Gasteiger partial charge in [-0.15, -0.1) is 0 Å². The van der Waals surface area contributed by atoms with Crippen LogP contribution in [0.4, 0.5) is 5.69 Å². The Kier molecular flexibility index (Phi) is 4.21. The van der Waals surface area contributed by atoms with E-state index in [1.165, 1.54) is 24.1 Å². The molecular formula is C21H21N3O2. The van der Waals surface area contributed by atoms with Gasteiger partial charge in [-0.2, -0.15) is 0 Å². The fourth-order valence-corrected chi connectivity index (χ4v) is 3.60. The summed E-state index contributed by atoms with van der Waals surface area (Å²) < 4.78 is 0. The molecule has 0 aliphatic heterocycles. The number of amides is 2. The number of aromatic nitrogens is 1. The van der Waals surface area contributed by atoms with Crippen molar-refractivity contribution in [2.45, 2.75) is 25.7 Å². The number of aryl methyl sites for hydroxylation is 2. The first-order valence-electron chi connectivity index (χ1n) is 8.92. The quantitative estimate of drug-likeness (QED) is 0.676. The molecule has 3 N–H and O–H groups in total. The van der Waals surface area contributed by atoms with Crippen LogP contribution < -0.4 is 10.6 Å². The molecule has 1 heterocycles. The molecular weight excluding hydrogens is 326 g/mol. The molecule has 1 aromatic heterocycles. The van der Waals surface area contributed by atoms with Gasteiger partial charge < -0.3 is 15.6 Å². The summed E-state index contributed by atoms with van der Waals surface area (Å²) in [6, 6.07) is 12.7. The molecule has 0 fully saturated rings. The van der Waals surface area contributed by atoms with Crippen molar-refractivity contribution in [3.05, 3.63) is 64.8 Å². The van der Waals surface area contributed by atoms with Crippen molar-refractivity contribution in [2.75, 3.05) is 12.4 Å². The number of rotatable bonds is 3. The molecule has 0 atom stereocenters. The van der Waals surface area contributed by atoms with Gasteiger partial charge in [0.25, 0.3) is 11.8 Å². The fourth-order valence-electron chi connectivity index (χ4n) is 3.60. The van der Waals surface area contributed by atoms with E-state index >= 15 is 0 Å². The third kappa shape index (κ3) is 2.96. The Morgan fingerprint density at radius 1 is 0.923 bits per heavy atom. The van der Waals surface area contributed by atoms with Crippen LogP contribution in [-0.4, -0.2) is 23.8 Å². The Morgan fingerprint density at radius 2 is 1.65 bits per heavy atom. The highest BCUT2D eigenvalue weighted by Crippen LogP contribution is 2.29. The largest absolute Gasteiger partial charge is 0.358 e. The standard InChI is InChI=1S/C21H21N3O2/c1-22-20(25)13-6-9-15(10-7-13)23-21(26)14-8-11-19-17(12-14)16-4-2-3-5-18(16)24-19/h6-12,24H,2-5H2,1H3,(H,22,25)(H,23,26). The summed E-state index contributed by atoms with van der Waals surface area (Å²) in [6.45, 7) is 0. The summed E-state index contributed by atoms with van der Waals surface area (Å²) >= 11 is 0. The van der Waals surface area contributed by atoms with Crippen LogP contribution in [0.15, 0.2) is 42.5 Å². The number of carbonyl (C=O) groups excluding carboxylic acids is 2. The highest BCUT2D eigenvalue weighted by atomic mass is 16.2. The molecule has 5 nitrogen and oxygen atoms in total. The molecule has 4 rings (SSSR count). The predicted octanol–water partition coefficient (Wildman–Crippen LogP) is 3.66. The molecule has 2 aromatic carbocycles. The monoisotopic (exact) mass is 347 g/mol. The second kappa shape index (κ2) is 6.67. The van der Waals surface area contributed by atoms with Crippen molar-refractivity contribution in [1.82, 2.24) is 10.3 Å². The minimum atomic E-state index is -0.148. The number of H-pyrrole nitrogens is 1. The maximum absolute atomic E-state index is 12.6. The molecule has 5 heteroatoms. The van der Waals surface area contributed by atoms with E-state index in [1.807, 2.05) is 18.2 Å². The third-order valence-electron chi connectivity index (χ3n) is 4.99. The Bertz CT molecular complexity index is 986. The molecule has 1 aliphatic rings. The van der Waals surface area contributed by atoms with Crippen LogP contribution in [0.5, 0.6) is 0 Å². The third-order valence-corrected chi connectivity index (χ3v) is 4.99. The van der Waals surface area contributed by atoms with Gasteiger partial charge in [0.15, 0.2) is 0 Å². The van der Waals surface area contributed by atoms with Crippen LogP contribution in [0.25, 0.3) is 10.9 Å². The van der Waals surface area contributed by atoms with E-state index in [0.29, 0.717) is 16.8 Å². The van der Waals surface area contributed by atoms with E-state index in [0.717, 1.165) is 23.7 Å². The molecule has 0 radical (unpaired) electrons. The number of hydrogen-bond acceptors (Lipinski definition) is 2. The summed E-state index contributed by atoms with van der Waals surface area (Å²) in [5.41, 5.74) is 5.64. The Hall–Kier alpha value is -3.08. The maximum Gasteiger partial charge on any atom is 0.255 e. The lowest BCUT2D eigenvalue weighted by molar-refractivity contribution is 0.0962. The van der Waals surface area contributed by atoms with Crippen molar-refractivity contribution >= 4 is 28.4 Å². The van der Waals surface area contributed by atoms with Crippen LogP contribution >= 0.6 is 0 Å². The number of fused-ring (bicyclic) bond motifs is 3. The van der Waals surface area contributed by atoms with Crippen molar-refractivity contribution in [3.63, 3.8) is 0 Å². The van der Waals surface area contributed by atoms with Gasteiger partial charge in [0, 0.05) is 40.5 Å². The SMILES string of the molecule is CNC(=O)c1ccc(NC(=O)c2ccc3[nH]c4c(c3c2)CCCC4)cc1. The van der Waals surface area contributed by atoms with E-state index in [9.17, 15) is 9.59 Å². The molecule has 0 unspecified atom stereocenters. The molecule has 26 heavy (non-hydrogen) atoms. The zero-order chi connectivity index (χ0) is 18.1. The van der Waals surface area contributed by atoms with E-state index in [4.69, 9.17) is 0 Å². The molecule has 0 saturated carbocycles. The number of aromatic amines is 1. The molecule has 0 saturated heterocycles. The smallest absolute Gasteiger partial charge is 0.255 e. The molecule has 132 valence electrons. The summed E-state index contributed by atoms with van der Waals surface area (Å²) in [6.07, 6.45) is 4.58. The molecule has 0 spiro atoms. The van der Waals surface area contributed by atoms with Gasteiger partial charge in [-0.3, -0.25) is 9.59 Å². The summed E-state index contributed by atoms with van der Waals surface area (Å²) in [5.74, 6) is -0.295. The van der Waals surface area contributed by atoms with Crippen molar-refractivity contribution in [3.8, 4) is 0 Å². The summed E-state index contributed by atoms with van der Waals surface area (Å²) in [4.78, 5) is 27.7. The van der Waals surface area contributed by atoms with Gasteiger partial charge in [-0.05, 0) is 73.7 Å². The molecule has 3 aromatic rings. The lowest BCUT2D eigenvalue weighted by atomic mass is 9.95. The first-order chi connectivity index (χ1) is 12.7. The fraction of sp³-hybridized carbons (Fsp3) is 0.238. The molecule has 1 aliphatic carbocycles. The van der Waals surface area contributed by atoms with Gasteiger partial charge in [-0.1, -0.05) is 0 Å². The number of anilines is 1. The average molecular weight is 347 g/mol. The topological polar surface area (TPSA) is 74.0 Å². The Labute approximate surface area is 151 Å². The van der Waals surface area contributed by atoms with Crippen molar-refractivity contribution in [1.29, 1.82) is 0 Å². The number of benzene rings is 2. The zero-order valence-corrected chi connectivity index (χ0v) is 14.7. The summed E-state index contributed by atoms with van der Waals surface area (Å²) in [5, 5.41) is 6.63. The van der Waals surface area contributed by atoms with Crippen LogP contribution in [0, 0.1) is 0 Å². The van der Waals surface area contributed by atoms with E-state index in [2.05, 4.69) is 15.6 Å². The Morgan fingerprint density at radius 3 is 2.42 bits per heavy atom. The van der Waals surface area contributed by atoms with Crippen LogP contribution in [0.1, 0.15) is 44.8 Å².